The maximum atomic E-state index is 14.4. The number of rotatable bonds is 6. The number of hydrogen-bond acceptors (Lipinski definition) is 4. The van der Waals surface area contributed by atoms with E-state index in [0.29, 0.717) is 24.5 Å². The van der Waals surface area contributed by atoms with Crippen LogP contribution in [0.5, 0.6) is 0 Å². The Morgan fingerprint density at radius 2 is 2.26 bits per heavy atom. The number of halogens is 1. The molecule has 0 atom stereocenters. The number of pyridine rings is 1. The number of nitrogens with zero attached hydrogens (tertiary/aromatic N) is 2. The largest absolute Gasteiger partial charge is 0.349 e. The van der Waals surface area contributed by atoms with Gasteiger partial charge in [0.1, 0.15) is 0 Å². The summed E-state index contributed by atoms with van der Waals surface area (Å²) in [6.07, 6.45) is 1.67. The van der Waals surface area contributed by atoms with Crippen LogP contribution in [0.2, 0.25) is 0 Å². The Labute approximate surface area is 117 Å². The molecule has 2 aromatic rings. The molecule has 1 N–H and O–H groups in total. The van der Waals surface area contributed by atoms with Gasteiger partial charge in [-0.1, -0.05) is 6.07 Å². The maximum absolute atomic E-state index is 14.4. The Hall–Kier alpha value is -1.46. The Bertz CT molecular complexity index is 513. The molecule has 0 bridgehead atoms. The lowest BCUT2D eigenvalue weighted by atomic mass is 10.2. The van der Waals surface area contributed by atoms with Crippen LogP contribution in [0.1, 0.15) is 17.4 Å². The smallest absolute Gasteiger partial charge is 0.170 e. The van der Waals surface area contributed by atoms with Gasteiger partial charge in [-0.3, -0.25) is 0 Å². The van der Waals surface area contributed by atoms with Crippen LogP contribution in [0, 0.1) is 5.82 Å². The summed E-state index contributed by atoms with van der Waals surface area (Å²) < 4.78 is 14.4. The standard InChI is InChI=1S/C14H18FN3S/c1-3-18(10-12-5-4-8-19-12)14-13(15)11(9-16-2)6-7-17-14/h4-8,16H,3,9-10H2,1-2H3. The van der Waals surface area contributed by atoms with E-state index in [0.717, 1.165) is 6.54 Å². The van der Waals surface area contributed by atoms with Gasteiger partial charge in [0.25, 0.3) is 0 Å². The van der Waals surface area contributed by atoms with Crippen LogP contribution >= 0.6 is 11.3 Å². The second kappa shape index (κ2) is 6.63. The molecule has 0 saturated heterocycles. The molecule has 0 spiro atoms. The molecule has 0 aliphatic heterocycles. The molecular formula is C14H18FN3S. The normalized spacial score (nSPS) is 10.7. The van der Waals surface area contributed by atoms with Gasteiger partial charge in [0, 0.05) is 29.7 Å². The minimum absolute atomic E-state index is 0.227. The summed E-state index contributed by atoms with van der Waals surface area (Å²) in [5, 5.41) is 5.00. The fourth-order valence-electron chi connectivity index (χ4n) is 1.95. The summed E-state index contributed by atoms with van der Waals surface area (Å²) in [5.74, 6) is 0.207. The van der Waals surface area contributed by atoms with Crippen molar-refractivity contribution >= 4 is 17.2 Å². The fraction of sp³-hybridized carbons (Fsp3) is 0.357. The number of aromatic nitrogens is 1. The molecule has 0 aliphatic carbocycles. The van der Waals surface area contributed by atoms with Crippen molar-refractivity contribution in [2.24, 2.45) is 0 Å². The van der Waals surface area contributed by atoms with Crippen molar-refractivity contribution in [1.29, 1.82) is 0 Å². The molecular weight excluding hydrogens is 261 g/mol. The van der Waals surface area contributed by atoms with Gasteiger partial charge >= 0.3 is 0 Å². The van der Waals surface area contributed by atoms with Crippen LogP contribution in [-0.4, -0.2) is 18.6 Å². The quantitative estimate of drug-likeness (QED) is 0.881. The number of thiophene rings is 1. The lowest BCUT2D eigenvalue weighted by Crippen LogP contribution is -2.24. The zero-order chi connectivity index (χ0) is 13.7. The van der Waals surface area contributed by atoms with E-state index in [-0.39, 0.29) is 5.82 Å². The van der Waals surface area contributed by atoms with E-state index < -0.39 is 0 Å². The minimum Gasteiger partial charge on any atom is -0.349 e. The first kappa shape index (κ1) is 14.0. The summed E-state index contributed by atoms with van der Waals surface area (Å²) in [6, 6.07) is 5.78. The SMILES string of the molecule is CCN(Cc1cccs1)c1nccc(CNC)c1F. The van der Waals surface area contributed by atoms with E-state index in [1.165, 1.54) is 4.88 Å². The highest BCUT2D eigenvalue weighted by Gasteiger charge is 2.15. The van der Waals surface area contributed by atoms with E-state index in [1.807, 2.05) is 30.3 Å². The predicted molar refractivity (Wildman–Crippen MR) is 78.0 cm³/mol. The zero-order valence-corrected chi connectivity index (χ0v) is 12.0. The summed E-state index contributed by atoms with van der Waals surface area (Å²) >= 11 is 1.68. The highest BCUT2D eigenvalue weighted by Crippen LogP contribution is 2.22. The number of nitrogens with one attached hydrogen (secondary N) is 1. The van der Waals surface area contributed by atoms with Gasteiger partial charge in [-0.25, -0.2) is 9.37 Å². The molecule has 0 fully saturated rings. The van der Waals surface area contributed by atoms with Gasteiger partial charge in [-0.05, 0) is 31.5 Å². The second-order valence-electron chi connectivity index (χ2n) is 4.23. The van der Waals surface area contributed by atoms with Crippen molar-refractivity contribution in [3.05, 3.63) is 46.0 Å². The van der Waals surface area contributed by atoms with Crippen LogP contribution in [0.4, 0.5) is 10.2 Å². The second-order valence-corrected chi connectivity index (χ2v) is 5.26. The molecule has 0 aliphatic rings. The third-order valence-corrected chi connectivity index (χ3v) is 3.79. The molecule has 102 valence electrons. The van der Waals surface area contributed by atoms with Crippen molar-refractivity contribution < 1.29 is 4.39 Å². The maximum Gasteiger partial charge on any atom is 0.170 e. The van der Waals surface area contributed by atoms with Crippen molar-refractivity contribution in [2.45, 2.75) is 20.0 Å². The Balaban J connectivity index is 2.25. The van der Waals surface area contributed by atoms with Gasteiger partial charge < -0.3 is 10.2 Å². The summed E-state index contributed by atoms with van der Waals surface area (Å²) in [6.45, 7) is 3.95. The highest BCUT2D eigenvalue weighted by molar-refractivity contribution is 7.09. The minimum atomic E-state index is -0.227. The molecule has 3 nitrogen and oxygen atoms in total. The van der Waals surface area contributed by atoms with Crippen molar-refractivity contribution in [1.82, 2.24) is 10.3 Å². The first-order valence-corrected chi connectivity index (χ1v) is 7.19. The Morgan fingerprint density at radius 1 is 1.42 bits per heavy atom. The third-order valence-electron chi connectivity index (χ3n) is 2.93. The van der Waals surface area contributed by atoms with Crippen LogP contribution in [-0.2, 0) is 13.1 Å². The predicted octanol–water partition coefficient (Wildman–Crippen LogP) is 3.03. The van der Waals surface area contributed by atoms with Gasteiger partial charge in [0.15, 0.2) is 11.6 Å². The molecule has 2 rings (SSSR count). The van der Waals surface area contributed by atoms with Gasteiger partial charge in [-0.15, -0.1) is 11.3 Å². The molecule has 0 aromatic carbocycles. The summed E-state index contributed by atoms with van der Waals surface area (Å²) in [4.78, 5) is 7.37. The van der Waals surface area contributed by atoms with E-state index in [2.05, 4.69) is 16.4 Å². The summed E-state index contributed by atoms with van der Waals surface area (Å²) in [5.41, 5.74) is 0.650. The molecule has 0 saturated carbocycles. The molecule has 19 heavy (non-hydrogen) atoms. The number of hydrogen-bond donors (Lipinski definition) is 1. The summed E-state index contributed by atoms with van der Waals surface area (Å²) in [7, 11) is 1.81. The monoisotopic (exact) mass is 279 g/mol. The van der Waals surface area contributed by atoms with Crippen LogP contribution in [0.3, 0.4) is 0 Å². The molecule has 5 heteroatoms. The first-order valence-electron chi connectivity index (χ1n) is 6.31. The van der Waals surface area contributed by atoms with E-state index in [1.54, 1.807) is 23.6 Å². The van der Waals surface area contributed by atoms with Crippen molar-refractivity contribution in [3.63, 3.8) is 0 Å². The van der Waals surface area contributed by atoms with Crippen molar-refractivity contribution in [3.8, 4) is 0 Å². The molecule has 0 unspecified atom stereocenters. The topological polar surface area (TPSA) is 28.2 Å². The van der Waals surface area contributed by atoms with Crippen LogP contribution < -0.4 is 10.2 Å². The Morgan fingerprint density at radius 3 is 2.89 bits per heavy atom. The van der Waals surface area contributed by atoms with Crippen molar-refractivity contribution in [2.75, 3.05) is 18.5 Å². The molecule has 2 aromatic heterocycles. The number of anilines is 1. The van der Waals surface area contributed by atoms with E-state index in [4.69, 9.17) is 0 Å². The molecule has 0 amide bonds. The zero-order valence-electron chi connectivity index (χ0n) is 11.2. The van der Waals surface area contributed by atoms with Crippen LogP contribution in [0.25, 0.3) is 0 Å². The van der Waals surface area contributed by atoms with E-state index in [9.17, 15) is 4.39 Å². The van der Waals surface area contributed by atoms with Gasteiger partial charge in [-0.2, -0.15) is 0 Å². The highest BCUT2D eigenvalue weighted by atomic mass is 32.1. The third kappa shape index (κ3) is 3.30. The molecule has 0 radical (unpaired) electrons. The van der Waals surface area contributed by atoms with Gasteiger partial charge in [0.2, 0.25) is 0 Å². The Kier molecular flexibility index (Phi) is 4.87. The first-order chi connectivity index (χ1) is 9.26. The van der Waals surface area contributed by atoms with Gasteiger partial charge in [0.05, 0.1) is 6.54 Å². The average Bonchev–Trinajstić information content (AvgIpc) is 2.92. The molecule has 2 heterocycles. The lowest BCUT2D eigenvalue weighted by molar-refractivity contribution is 0.586. The lowest BCUT2D eigenvalue weighted by Gasteiger charge is -2.22. The average molecular weight is 279 g/mol. The van der Waals surface area contributed by atoms with E-state index >= 15 is 0 Å². The van der Waals surface area contributed by atoms with Crippen LogP contribution in [0.15, 0.2) is 29.8 Å². The fourth-order valence-corrected chi connectivity index (χ4v) is 2.67.